The summed E-state index contributed by atoms with van der Waals surface area (Å²) in [5.74, 6) is 1.13. The number of carbonyl (C=O) groups is 1. The number of fused-ring (bicyclic) bond motifs is 5. The molecule has 0 aromatic heterocycles. The number of hydrogen-bond donors (Lipinski definition) is 5. The Morgan fingerprint density at radius 3 is 1.89 bits per heavy atom. The van der Waals surface area contributed by atoms with Crippen LogP contribution < -0.4 is 0 Å². The Labute approximate surface area is 319 Å². The Balaban J connectivity index is 0.826. The van der Waals surface area contributed by atoms with Crippen LogP contribution in [0.25, 0.3) is 0 Å². The number of aliphatic hydroxyl groups excluding tert-OH is 4. The van der Waals surface area contributed by atoms with E-state index in [0.717, 1.165) is 63.4 Å². The van der Waals surface area contributed by atoms with Crippen molar-refractivity contribution >= 4 is 5.97 Å². The first-order valence-corrected chi connectivity index (χ1v) is 20.8. The Kier molecular flexibility index (Phi) is 10.9. The van der Waals surface area contributed by atoms with Crippen LogP contribution in [0.5, 0.6) is 0 Å². The summed E-state index contributed by atoms with van der Waals surface area (Å²) in [5, 5.41) is 55.0. The van der Waals surface area contributed by atoms with Crippen LogP contribution >= 0.6 is 0 Å². The molecule has 0 aromatic rings. The average molecular weight is 765 g/mol. The van der Waals surface area contributed by atoms with Crippen LogP contribution in [0.4, 0.5) is 0 Å². The lowest BCUT2D eigenvalue weighted by atomic mass is 9.43. The van der Waals surface area contributed by atoms with E-state index in [-0.39, 0.29) is 54.0 Å². The molecule has 4 aliphatic carbocycles. The van der Waals surface area contributed by atoms with E-state index in [1.807, 2.05) is 6.92 Å². The van der Waals surface area contributed by atoms with E-state index in [0.29, 0.717) is 18.4 Å². The lowest BCUT2D eigenvalue weighted by molar-refractivity contribution is -0.336. The monoisotopic (exact) mass is 764 g/mol. The molecule has 4 saturated carbocycles. The summed E-state index contributed by atoms with van der Waals surface area (Å²) < 4.78 is 42.2. The van der Waals surface area contributed by atoms with Gasteiger partial charge < -0.3 is 58.7 Å². The summed E-state index contributed by atoms with van der Waals surface area (Å²) in [6.45, 7) is 10.4. The van der Waals surface area contributed by atoms with Crippen molar-refractivity contribution in [2.45, 2.75) is 197 Å². The summed E-state index contributed by atoms with van der Waals surface area (Å²) in [6.07, 6.45) is 1.90. The second-order valence-electron chi connectivity index (χ2n) is 18.7. The van der Waals surface area contributed by atoms with E-state index < -0.39 is 79.4 Å². The molecule has 8 rings (SSSR count). The van der Waals surface area contributed by atoms with Crippen LogP contribution in [-0.4, -0.2) is 124 Å². The minimum absolute atomic E-state index is 0.0243. The van der Waals surface area contributed by atoms with Gasteiger partial charge in [0.1, 0.15) is 24.9 Å². The van der Waals surface area contributed by atoms with Gasteiger partial charge in [0, 0.05) is 30.8 Å². The number of aliphatic hydroxyl groups is 5. The minimum Gasteiger partial charge on any atom is -0.458 e. The summed E-state index contributed by atoms with van der Waals surface area (Å²) >= 11 is 0. The molecule has 4 aliphatic heterocycles. The number of hydrogen-bond acceptors (Lipinski definition) is 13. The zero-order valence-electron chi connectivity index (χ0n) is 32.6. The number of carbonyl (C=O) groups excluding carboxylic acids is 1. The molecule has 4 heterocycles. The lowest BCUT2D eigenvalue weighted by Crippen LogP contribution is -2.62. The van der Waals surface area contributed by atoms with Crippen LogP contribution in [0.15, 0.2) is 11.6 Å². The predicted molar refractivity (Wildman–Crippen MR) is 191 cm³/mol. The molecule has 306 valence electrons. The molecule has 0 radical (unpaired) electrons. The highest BCUT2D eigenvalue weighted by molar-refractivity contribution is 5.85. The normalized spacial score (nSPS) is 55.0. The maximum absolute atomic E-state index is 12.6. The molecule has 13 nitrogen and oxygen atoms in total. The molecular formula is C41H64O13. The topological polar surface area (TPSA) is 183 Å². The fraction of sp³-hybridized carbons (Fsp3) is 0.927. The third kappa shape index (κ3) is 6.82. The highest BCUT2D eigenvalue weighted by Crippen LogP contribution is 2.70. The van der Waals surface area contributed by atoms with Gasteiger partial charge in [0.2, 0.25) is 0 Å². The number of ether oxygens (including phenoxy) is 7. The van der Waals surface area contributed by atoms with Crippen LogP contribution in [0.3, 0.4) is 0 Å². The van der Waals surface area contributed by atoms with E-state index in [1.54, 1.807) is 19.9 Å². The standard InChI is InChI=1S/C41H64O13/c1-20-36(46)29(42)16-34(49-20)53-38-22(3)51-35(18-31(38)44)54-37-21(2)50-33(17-30(37)43)52-25-8-11-39(4)24(15-25)6-7-28-27(39)9-12-40(5)26(10-13-41(28,40)47)23-14-32(45)48-19-23/h14,20-22,24-31,33-38,42-44,46-47H,6-13,15-19H2,1-5H3/t20-,21-,22-,24-,25+,26-,27+,28-,29+,30+,31+,33-,34-,35-,36-,37-,38-,39+,40-,41+/m1/s1. The quantitative estimate of drug-likeness (QED) is 0.188. The van der Waals surface area contributed by atoms with Crippen molar-refractivity contribution in [1.82, 2.24) is 0 Å². The van der Waals surface area contributed by atoms with E-state index in [4.69, 9.17) is 33.2 Å². The molecule has 3 saturated heterocycles. The molecule has 0 bridgehead atoms. The average Bonchev–Trinajstić information content (AvgIpc) is 3.66. The van der Waals surface area contributed by atoms with Gasteiger partial charge in [-0.1, -0.05) is 13.8 Å². The number of esters is 1. The molecule has 5 N–H and O–H groups in total. The van der Waals surface area contributed by atoms with Gasteiger partial charge in [0.05, 0.1) is 48.3 Å². The third-order valence-corrected chi connectivity index (χ3v) is 15.9. The van der Waals surface area contributed by atoms with Gasteiger partial charge in [-0.2, -0.15) is 0 Å². The summed E-state index contributed by atoms with van der Waals surface area (Å²) in [5.41, 5.74) is 0.215. The lowest BCUT2D eigenvalue weighted by Gasteiger charge is -2.64. The molecule has 7 fully saturated rings. The van der Waals surface area contributed by atoms with Crippen LogP contribution in [0.2, 0.25) is 0 Å². The molecule has 54 heavy (non-hydrogen) atoms. The van der Waals surface area contributed by atoms with Crippen molar-refractivity contribution in [2.75, 3.05) is 6.61 Å². The highest BCUT2D eigenvalue weighted by Gasteiger charge is 2.68. The summed E-state index contributed by atoms with van der Waals surface area (Å²) in [7, 11) is 0. The van der Waals surface area contributed by atoms with Crippen molar-refractivity contribution in [2.24, 2.45) is 34.5 Å². The van der Waals surface area contributed by atoms with Gasteiger partial charge >= 0.3 is 5.97 Å². The smallest absolute Gasteiger partial charge is 0.331 e. The van der Waals surface area contributed by atoms with Crippen molar-refractivity contribution < 1.29 is 63.5 Å². The van der Waals surface area contributed by atoms with Gasteiger partial charge in [0.25, 0.3) is 0 Å². The second-order valence-corrected chi connectivity index (χ2v) is 18.7. The van der Waals surface area contributed by atoms with Gasteiger partial charge in [0.15, 0.2) is 18.9 Å². The zero-order chi connectivity index (χ0) is 38.3. The van der Waals surface area contributed by atoms with E-state index in [1.165, 1.54) is 0 Å². The van der Waals surface area contributed by atoms with Crippen molar-refractivity contribution in [3.05, 3.63) is 11.6 Å². The Hall–Kier alpha value is -1.23. The fourth-order valence-electron chi connectivity index (χ4n) is 12.8. The molecule has 13 heteroatoms. The number of rotatable bonds is 7. The molecule has 0 spiro atoms. The number of cyclic esters (lactones) is 1. The van der Waals surface area contributed by atoms with E-state index in [2.05, 4.69) is 13.8 Å². The molecular weight excluding hydrogens is 700 g/mol. The van der Waals surface area contributed by atoms with Gasteiger partial charge in [-0.3, -0.25) is 0 Å². The predicted octanol–water partition coefficient (Wildman–Crippen LogP) is 3.25. The molecule has 0 unspecified atom stereocenters. The molecule has 8 aliphatic rings. The van der Waals surface area contributed by atoms with Crippen molar-refractivity contribution in [3.63, 3.8) is 0 Å². The van der Waals surface area contributed by atoms with E-state index in [9.17, 15) is 30.3 Å². The highest BCUT2D eigenvalue weighted by atomic mass is 16.7. The van der Waals surface area contributed by atoms with Gasteiger partial charge in [-0.25, -0.2) is 4.79 Å². The van der Waals surface area contributed by atoms with Crippen LogP contribution in [-0.2, 0) is 38.0 Å². The van der Waals surface area contributed by atoms with Gasteiger partial charge in [-0.05, 0) is 113 Å². The van der Waals surface area contributed by atoms with Crippen molar-refractivity contribution in [1.29, 1.82) is 0 Å². The van der Waals surface area contributed by atoms with E-state index >= 15 is 0 Å². The second kappa shape index (κ2) is 14.9. The van der Waals surface area contributed by atoms with Crippen molar-refractivity contribution in [3.8, 4) is 0 Å². The fourth-order valence-corrected chi connectivity index (χ4v) is 12.8. The first-order valence-electron chi connectivity index (χ1n) is 20.8. The Bertz CT molecular complexity index is 1370. The molecule has 20 atom stereocenters. The van der Waals surface area contributed by atoms with Gasteiger partial charge in [-0.15, -0.1) is 0 Å². The zero-order valence-corrected chi connectivity index (χ0v) is 32.6. The first kappa shape index (κ1) is 39.6. The first-order chi connectivity index (χ1) is 25.6. The largest absolute Gasteiger partial charge is 0.458 e. The Morgan fingerprint density at radius 2 is 1.30 bits per heavy atom. The maximum atomic E-state index is 12.6. The van der Waals surface area contributed by atoms with Crippen LogP contribution in [0.1, 0.15) is 112 Å². The SMILES string of the molecule is C[C@H]1O[C@H](O[C@H]2[C@@H](O)C[C@@H](O[C@H]3[C@@H](O)C[C@@H](O[C@H]4CC[C@@]5(C)[C@H](CC[C@@H]6[C@@H]5CC[C@]5(C)[C@@H](C7=CC(=O)OC7)CC[C@]65O)C4)O[C@@H]3C)O[C@@H]2C)C[C@H](O)[C@@H]1O. The molecule has 0 aromatic carbocycles. The maximum Gasteiger partial charge on any atom is 0.331 e. The summed E-state index contributed by atoms with van der Waals surface area (Å²) in [6, 6.07) is 0. The minimum atomic E-state index is -0.996. The Morgan fingerprint density at radius 1 is 0.685 bits per heavy atom. The third-order valence-electron chi connectivity index (χ3n) is 15.9. The van der Waals surface area contributed by atoms with Crippen LogP contribution in [0, 0.1) is 34.5 Å². The summed E-state index contributed by atoms with van der Waals surface area (Å²) in [4.78, 5) is 11.9. The molecule has 0 amide bonds.